The molecule has 0 aliphatic carbocycles. The molecule has 0 aliphatic heterocycles. The highest BCUT2D eigenvalue weighted by molar-refractivity contribution is 5.92. The summed E-state index contributed by atoms with van der Waals surface area (Å²) in [4.78, 5) is 32.2. The monoisotopic (exact) mass is 175 g/mol. The Kier molecular flexibility index (Phi) is 3.75. The molecule has 0 heterocycles. The van der Waals surface area contributed by atoms with E-state index in [9.17, 15) is 14.4 Å². The number of ether oxygens (including phenoxy) is 2. The first-order valence-corrected chi connectivity index (χ1v) is 3.03. The Morgan fingerprint density at radius 2 is 1.67 bits per heavy atom. The van der Waals surface area contributed by atoms with Gasteiger partial charge in [0.15, 0.2) is 0 Å². The number of carbonyl (C=O) groups excluding carboxylic acids is 3. The van der Waals surface area contributed by atoms with Gasteiger partial charge in [-0.2, -0.15) is 0 Å². The lowest BCUT2D eigenvalue weighted by Crippen LogP contribution is -2.34. The van der Waals surface area contributed by atoms with Crippen LogP contribution in [0.4, 0.5) is 9.59 Å². The Labute approximate surface area is 69.0 Å². The average molecular weight is 175 g/mol. The predicted octanol–water partition coefficient (Wildman–Crippen LogP) is 0.368. The van der Waals surface area contributed by atoms with Crippen LogP contribution in [0.1, 0.15) is 6.92 Å². The summed E-state index contributed by atoms with van der Waals surface area (Å²) >= 11 is 0. The molecule has 0 aromatic rings. The molecular weight excluding hydrogens is 166 g/mol. The lowest BCUT2D eigenvalue weighted by atomic mass is 10.8. The van der Waals surface area contributed by atoms with E-state index in [1.54, 1.807) is 0 Å². The summed E-state index contributed by atoms with van der Waals surface area (Å²) < 4.78 is 8.27. The van der Waals surface area contributed by atoms with E-state index in [1.807, 2.05) is 0 Å². The van der Waals surface area contributed by atoms with Crippen LogP contribution in [0.15, 0.2) is 0 Å². The van der Waals surface area contributed by atoms with Crippen LogP contribution in [0.3, 0.4) is 0 Å². The molecule has 0 aromatic carbocycles. The molecule has 6 heteroatoms. The first kappa shape index (κ1) is 10.4. The summed E-state index contributed by atoms with van der Waals surface area (Å²) in [6.07, 6.45) is -1.95. The van der Waals surface area contributed by atoms with E-state index in [4.69, 9.17) is 0 Å². The highest BCUT2D eigenvalue weighted by Crippen LogP contribution is 1.93. The molecule has 2 amide bonds. The molecule has 0 fully saturated rings. The van der Waals surface area contributed by atoms with Crippen molar-refractivity contribution in [1.82, 2.24) is 4.90 Å². The van der Waals surface area contributed by atoms with Crippen molar-refractivity contribution in [2.75, 3.05) is 14.2 Å². The number of hydrogen-bond acceptors (Lipinski definition) is 5. The summed E-state index contributed by atoms with van der Waals surface area (Å²) in [6.45, 7) is 1.06. The number of rotatable bonds is 0. The summed E-state index contributed by atoms with van der Waals surface area (Å²) in [5, 5.41) is 0. The molecule has 0 saturated heterocycles. The fourth-order valence-electron chi connectivity index (χ4n) is 0.403. The van der Waals surface area contributed by atoms with Gasteiger partial charge >= 0.3 is 18.2 Å². The maximum absolute atomic E-state index is 10.7. The molecule has 0 radical (unpaired) electrons. The fraction of sp³-hybridized carbons (Fsp3) is 0.500. The van der Waals surface area contributed by atoms with Crippen molar-refractivity contribution in [2.45, 2.75) is 6.92 Å². The van der Waals surface area contributed by atoms with Gasteiger partial charge in [-0.25, -0.2) is 14.5 Å². The molecule has 0 saturated carbocycles. The van der Waals surface area contributed by atoms with Gasteiger partial charge in [-0.1, -0.05) is 0 Å². The third-order valence-corrected chi connectivity index (χ3v) is 0.953. The van der Waals surface area contributed by atoms with Crippen molar-refractivity contribution < 1.29 is 23.9 Å². The number of esters is 1. The molecule has 6 nitrogen and oxygen atoms in total. The zero-order chi connectivity index (χ0) is 9.72. The van der Waals surface area contributed by atoms with Crippen molar-refractivity contribution >= 4 is 18.2 Å². The third-order valence-electron chi connectivity index (χ3n) is 0.953. The number of methoxy groups -OCH3 is 1. The van der Waals surface area contributed by atoms with Gasteiger partial charge < -0.3 is 9.47 Å². The Bertz CT molecular complexity index is 212. The van der Waals surface area contributed by atoms with E-state index in [-0.39, 0.29) is 0 Å². The topological polar surface area (TPSA) is 72.9 Å². The van der Waals surface area contributed by atoms with Crippen molar-refractivity contribution in [3.8, 4) is 0 Å². The second-order valence-corrected chi connectivity index (χ2v) is 1.89. The fourth-order valence-corrected chi connectivity index (χ4v) is 0.403. The van der Waals surface area contributed by atoms with Crippen molar-refractivity contribution in [3.05, 3.63) is 0 Å². The summed E-state index contributed by atoms with van der Waals surface area (Å²) in [5.41, 5.74) is 0. The average Bonchev–Trinajstić information content (AvgIpc) is 2.00. The summed E-state index contributed by atoms with van der Waals surface area (Å²) in [7, 11) is 2.25. The van der Waals surface area contributed by atoms with Crippen LogP contribution in [0.25, 0.3) is 0 Å². The van der Waals surface area contributed by atoms with E-state index in [0.717, 1.165) is 21.1 Å². The molecule has 12 heavy (non-hydrogen) atoms. The highest BCUT2D eigenvalue weighted by atomic mass is 16.6. The van der Waals surface area contributed by atoms with E-state index >= 15 is 0 Å². The highest BCUT2D eigenvalue weighted by Gasteiger charge is 2.19. The molecule has 0 atom stereocenters. The van der Waals surface area contributed by atoms with E-state index < -0.39 is 18.2 Å². The van der Waals surface area contributed by atoms with Crippen molar-refractivity contribution in [2.24, 2.45) is 0 Å². The summed E-state index contributed by atoms with van der Waals surface area (Å²) in [5.74, 6) is -0.782. The number of amides is 2. The van der Waals surface area contributed by atoms with Gasteiger partial charge in [0.1, 0.15) is 0 Å². The van der Waals surface area contributed by atoms with E-state index in [2.05, 4.69) is 9.47 Å². The molecule has 0 aliphatic rings. The van der Waals surface area contributed by atoms with Crippen LogP contribution in [0.5, 0.6) is 0 Å². The number of nitrogens with zero attached hydrogens (tertiary/aromatic N) is 1. The number of imide groups is 1. The molecular formula is C6H9NO5. The standard InChI is InChI=1S/C6H9NO5/c1-4(8)12-6(10)7(2)5(9)11-3/h1-3H3. The van der Waals surface area contributed by atoms with Gasteiger partial charge in [0.05, 0.1) is 7.11 Å². The minimum atomic E-state index is -1.06. The second kappa shape index (κ2) is 4.32. The molecule has 0 bridgehead atoms. The maximum atomic E-state index is 10.7. The molecule has 0 N–H and O–H groups in total. The van der Waals surface area contributed by atoms with Gasteiger partial charge in [0.2, 0.25) is 0 Å². The number of carbonyl (C=O) groups is 3. The Balaban J connectivity index is 4.10. The first-order chi connectivity index (χ1) is 5.49. The van der Waals surface area contributed by atoms with Crippen LogP contribution in [-0.2, 0) is 14.3 Å². The normalized spacial score (nSPS) is 8.58. The quantitative estimate of drug-likeness (QED) is 0.392. The molecule has 0 aromatic heterocycles. The Hall–Kier alpha value is -1.59. The zero-order valence-corrected chi connectivity index (χ0v) is 6.99. The number of hydrogen-bond donors (Lipinski definition) is 0. The Morgan fingerprint density at radius 1 is 1.17 bits per heavy atom. The first-order valence-electron chi connectivity index (χ1n) is 3.03. The predicted molar refractivity (Wildman–Crippen MR) is 37.3 cm³/mol. The van der Waals surface area contributed by atoms with Gasteiger partial charge in [0.25, 0.3) is 0 Å². The second-order valence-electron chi connectivity index (χ2n) is 1.89. The van der Waals surface area contributed by atoms with Gasteiger partial charge in [-0.15, -0.1) is 0 Å². The molecule has 0 spiro atoms. The van der Waals surface area contributed by atoms with Gasteiger partial charge in [-0.05, 0) is 0 Å². The minimum Gasteiger partial charge on any atom is -0.452 e. The van der Waals surface area contributed by atoms with Gasteiger partial charge in [-0.3, -0.25) is 4.79 Å². The molecule has 0 unspecified atom stereocenters. The third kappa shape index (κ3) is 3.00. The van der Waals surface area contributed by atoms with E-state index in [1.165, 1.54) is 0 Å². The largest absolute Gasteiger partial charge is 0.452 e. The van der Waals surface area contributed by atoms with Crippen LogP contribution in [-0.4, -0.2) is 37.2 Å². The van der Waals surface area contributed by atoms with E-state index in [0.29, 0.717) is 4.90 Å². The van der Waals surface area contributed by atoms with Crippen LogP contribution < -0.4 is 0 Å². The molecule has 0 rings (SSSR count). The minimum absolute atomic E-state index is 0.543. The SMILES string of the molecule is COC(=O)N(C)C(=O)OC(C)=O. The van der Waals surface area contributed by atoms with Crippen LogP contribution in [0, 0.1) is 0 Å². The zero-order valence-electron chi connectivity index (χ0n) is 6.99. The Morgan fingerprint density at radius 3 is 2.00 bits per heavy atom. The molecule has 68 valence electrons. The maximum Gasteiger partial charge on any atom is 0.426 e. The van der Waals surface area contributed by atoms with Gasteiger partial charge in [0, 0.05) is 14.0 Å². The lowest BCUT2D eigenvalue weighted by Gasteiger charge is -2.11. The lowest BCUT2D eigenvalue weighted by molar-refractivity contribution is -0.135. The smallest absolute Gasteiger partial charge is 0.426 e. The van der Waals surface area contributed by atoms with Crippen molar-refractivity contribution in [1.29, 1.82) is 0 Å². The van der Waals surface area contributed by atoms with Crippen LogP contribution >= 0.6 is 0 Å². The summed E-state index contributed by atoms with van der Waals surface area (Å²) in [6, 6.07) is 0. The van der Waals surface area contributed by atoms with Crippen molar-refractivity contribution in [3.63, 3.8) is 0 Å². The van der Waals surface area contributed by atoms with Crippen LogP contribution in [0.2, 0.25) is 0 Å².